The van der Waals surface area contributed by atoms with Crippen molar-refractivity contribution in [2.24, 2.45) is 5.92 Å². The zero-order valence-corrected chi connectivity index (χ0v) is 10.2. The quantitative estimate of drug-likeness (QED) is 0.767. The first-order valence-electron chi connectivity index (χ1n) is 6.50. The minimum Gasteiger partial charge on any atom is -0.316 e. The van der Waals surface area contributed by atoms with Crippen molar-refractivity contribution in [3.8, 4) is 0 Å². The van der Waals surface area contributed by atoms with Gasteiger partial charge in [-0.3, -0.25) is 0 Å². The number of piperidine rings is 1. The van der Waals surface area contributed by atoms with Crippen LogP contribution in [0.2, 0.25) is 0 Å². The first-order valence-corrected chi connectivity index (χ1v) is 6.50. The molecule has 0 spiro atoms. The van der Waals surface area contributed by atoms with Crippen LogP contribution in [0, 0.1) is 11.7 Å². The molecule has 1 atom stereocenters. The third-order valence-corrected chi connectivity index (χ3v) is 3.37. The first-order chi connectivity index (χ1) is 8.34. The summed E-state index contributed by atoms with van der Waals surface area (Å²) in [6, 6.07) is 6.71. The molecule has 2 rings (SSSR count). The summed E-state index contributed by atoms with van der Waals surface area (Å²) in [6.07, 6.45) is 3.89. The molecule has 1 aromatic carbocycles. The molecular weight excluding hydrogens is 215 g/mol. The van der Waals surface area contributed by atoms with E-state index >= 15 is 0 Å². The molecule has 3 heteroatoms. The van der Waals surface area contributed by atoms with Crippen LogP contribution in [-0.4, -0.2) is 19.6 Å². The minimum atomic E-state index is -0.165. The highest BCUT2D eigenvalue weighted by molar-refractivity contribution is 5.15. The van der Waals surface area contributed by atoms with Crippen molar-refractivity contribution < 1.29 is 4.39 Å². The summed E-state index contributed by atoms with van der Waals surface area (Å²) >= 11 is 0. The average molecular weight is 236 g/mol. The highest BCUT2D eigenvalue weighted by Gasteiger charge is 2.11. The van der Waals surface area contributed by atoms with Crippen LogP contribution in [0.5, 0.6) is 0 Å². The van der Waals surface area contributed by atoms with Crippen molar-refractivity contribution >= 4 is 0 Å². The molecule has 2 N–H and O–H groups in total. The number of rotatable bonds is 5. The van der Waals surface area contributed by atoms with E-state index in [1.165, 1.54) is 37.9 Å². The molecule has 1 saturated heterocycles. The number of nitrogens with one attached hydrogen (secondary N) is 2. The SMILES string of the molecule is Fc1ccc(CNCCC2CCCNC2)cc1. The van der Waals surface area contributed by atoms with Crippen LogP contribution in [0.1, 0.15) is 24.8 Å². The Bertz CT molecular complexity index is 317. The normalized spacial score (nSPS) is 20.4. The van der Waals surface area contributed by atoms with E-state index in [0.29, 0.717) is 0 Å². The van der Waals surface area contributed by atoms with Gasteiger partial charge < -0.3 is 10.6 Å². The fraction of sp³-hybridized carbons (Fsp3) is 0.571. The van der Waals surface area contributed by atoms with Crippen molar-refractivity contribution in [2.75, 3.05) is 19.6 Å². The van der Waals surface area contributed by atoms with Gasteiger partial charge in [-0.15, -0.1) is 0 Å². The Morgan fingerprint density at radius 2 is 2.12 bits per heavy atom. The molecule has 1 fully saturated rings. The van der Waals surface area contributed by atoms with Gasteiger partial charge in [0, 0.05) is 6.54 Å². The van der Waals surface area contributed by atoms with Gasteiger partial charge in [0.05, 0.1) is 0 Å². The molecule has 2 nitrogen and oxygen atoms in total. The molecule has 1 aromatic rings. The maximum Gasteiger partial charge on any atom is 0.123 e. The monoisotopic (exact) mass is 236 g/mol. The van der Waals surface area contributed by atoms with Crippen LogP contribution in [0.3, 0.4) is 0 Å². The van der Waals surface area contributed by atoms with Gasteiger partial charge in [0.2, 0.25) is 0 Å². The van der Waals surface area contributed by atoms with Crippen LogP contribution in [0.15, 0.2) is 24.3 Å². The second-order valence-electron chi connectivity index (χ2n) is 4.80. The van der Waals surface area contributed by atoms with Gasteiger partial charge in [0.1, 0.15) is 5.82 Å². The standard InChI is InChI=1S/C14H21FN2/c15-14-5-3-13(4-6-14)11-17-9-7-12-2-1-8-16-10-12/h3-6,12,16-17H,1-2,7-11H2. The summed E-state index contributed by atoms with van der Waals surface area (Å²) in [7, 11) is 0. The lowest BCUT2D eigenvalue weighted by Gasteiger charge is -2.22. The lowest BCUT2D eigenvalue weighted by atomic mass is 9.96. The molecule has 0 saturated carbocycles. The Balaban J connectivity index is 1.60. The summed E-state index contributed by atoms with van der Waals surface area (Å²) in [4.78, 5) is 0. The minimum absolute atomic E-state index is 0.165. The Kier molecular flexibility index (Phi) is 4.95. The molecule has 0 aromatic heterocycles. The van der Waals surface area contributed by atoms with Crippen LogP contribution < -0.4 is 10.6 Å². The van der Waals surface area contributed by atoms with Crippen molar-refractivity contribution in [2.45, 2.75) is 25.8 Å². The molecule has 0 aliphatic carbocycles. The molecule has 1 heterocycles. The topological polar surface area (TPSA) is 24.1 Å². The van der Waals surface area contributed by atoms with Gasteiger partial charge in [0.15, 0.2) is 0 Å². The van der Waals surface area contributed by atoms with Crippen LogP contribution in [0.4, 0.5) is 4.39 Å². The van der Waals surface area contributed by atoms with Gasteiger partial charge in [-0.1, -0.05) is 12.1 Å². The first kappa shape index (κ1) is 12.5. The van der Waals surface area contributed by atoms with Gasteiger partial charge in [0.25, 0.3) is 0 Å². The van der Waals surface area contributed by atoms with E-state index in [1.54, 1.807) is 0 Å². The van der Waals surface area contributed by atoms with Crippen LogP contribution >= 0.6 is 0 Å². The van der Waals surface area contributed by atoms with Gasteiger partial charge in [-0.25, -0.2) is 4.39 Å². The number of hydrogen-bond donors (Lipinski definition) is 2. The lowest BCUT2D eigenvalue weighted by Crippen LogP contribution is -2.31. The van der Waals surface area contributed by atoms with Crippen LogP contribution in [0.25, 0.3) is 0 Å². The Labute approximate surface area is 103 Å². The second kappa shape index (κ2) is 6.72. The maximum atomic E-state index is 12.7. The van der Waals surface area contributed by atoms with E-state index in [-0.39, 0.29) is 5.82 Å². The van der Waals surface area contributed by atoms with E-state index in [1.807, 2.05) is 12.1 Å². The molecule has 1 aliphatic rings. The van der Waals surface area contributed by atoms with Crippen molar-refractivity contribution in [3.05, 3.63) is 35.6 Å². The predicted octanol–water partition coefficient (Wildman–Crippen LogP) is 2.31. The Morgan fingerprint density at radius 1 is 1.29 bits per heavy atom. The summed E-state index contributed by atoms with van der Waals surface area (Å²) < 4.78 is 12.7. The maximum absolute atomic E-state index is 12.7. The fourth-order valence-electron chi connectivity index (χ4n) is 2.31. The Morgan fingerprint density at radius 3 is 2.82 bits per heavy atom. The molecule has 0 radical (unpaired) electrons. The summed E-state index contributed by atoms with van der Waals surface area (Å²) in [5.74, 6) is 0.659. The van der Waals surface area contributed by atoms with Gasteiger partial charge >= 0.3 is 0 Å². The van der Waals surface area contributed by atoms with E-state index in [4.69, 9.17) is 0 Å². The molecule has 0 amide bonds. The van der Waals surface area contributed by atoms with E-state index in [0.717, 1.165) is 31.1 Å². The highest BCUT2D eigenvalue weighted by atomic mass is 19.1. The summed E-state index contributed by atoms with van der Waals surface area (Å²) in [5.41, 5.74) is 1.15. The van der Waals surface area contributed by atoms with E-state index in [9.17, 15) is 4.39 Å². The van der Waals surface area contributed by atoms with E-state index < -0.39 is 0 Å². The van der Waals surface area contributed by atoms with Gasteiger partial charge in [-0.05, 0) is 62.5 Å². The zero-order valence-electron chi connectivity index (χ0n) is 10.2. The summed E-state index contributed by atoms with van der Waals surface area (Å²) in [5, 5.41) is 6.85. The zero-order chi connectivity index (χ0) is 11.9. The van der Waals surface area contributed by atoms with Crippen LogP contribution in [-0.2, 0) is 6.54 Å². The third-order valence-electron chi connectivity index (χ3n) is 3.37. The fourth-order valence-corrected chi connectivity index (χ4v) is 2.31. The molecular formula is C14H21FN2. The molecule has 94 valence electrons. The van der Waals surface area contributed by atoms with E-state index in [2.05, 4.69) is 10.6 Å². The molecule has 0 bridgehead atoms. The van der Waals surface area contributed by atoms with Gasteiger partial charge in [-0.2, -0.15) is 0 Å². The van der Waals surface area contributed by atoms with Crippen molar-refractivity contribution in [1.29, 1.82) is 0 Å². The number of benzene rings is 1. The molecule has 17 heavy (non-hydrogen) atoms. The number of halogens is 1. The highest BCUT2D eigenvalue weighted by Crippen LogP contribution is 2.13. The third kappa shape index (κ3) is 4.44. The smallest absolute Gasteiger partial charge is 0.123 e. The largest absolute Gasteiger partial charge is 0.316 e. The van der Waals surface area contributed by atoms with Crippen molar-refractivity contribution in [1.82, 2.24) is 10.6 Å². The Hall–Kier alpha value is -0.930. The number of hydrogen-bond acceptors (Lipinski definition) is 2. The van der Waals surface area contributed by atoms with Crippen molar-refractivity contribution in [3.63, 3.8) is 0 Å². The predicted molar refractivity (Wildman–Crippen MR) is 68.3 cm³/mol. The lowest BCUT2D eigenvalue weighted by molar-refractivity contribution is 0.352. The summed E-state index contributed by atoms with van der Waals surface area (Å²) in [6.45, 7) is 4.22. The molecule has 1 unspecified atom stereocenters. The molecule has 1 aliphatic heterocycles. The second-order valence-corrected chi connectivity index (χ2v) is 4.80. The average Bonchev–Trinajstić information content (AvgIpc) is 2.38.